The lowest BCUT2D eigenvalue weighted by Crippen LogP contribution is -2.38. The van der Waals surface area contributed by atoms with Gasteiger partial charge in [0, 0.05) is 24.1 Å². The smallest absolute Gasteiger partial charge is 0.268 e. The van der Waals surface area contributed by atoms with E-state index >= 15 is 0 Å². The molecule has 3 heterocycles. The molecule has 7 nitrogen and oxygen atoms in total. The quantitative estimate of drug-likeness (QED) is 0.769. The molecule has 1 saturated heterocycles. The van der Waals surface area contributed by atoms with Crippen LogP contribution in [-0.4, -0.2) is 38.3 Å². The lowest BCUT2D eigenvalue weighted by molar-refractivity contribution is 0.0786. The first-order valence-electron chi connectivity index (χ1n) is 8.14. The maximum atomic E-state index is 12.8. The second-order valence-electron chi connectivity index (χ2n) is 5.86. The fourth-order valence-electron chi connectivity index (χ4n) is 3.34. The van der Waals surface area contributed by atoms with Gasteiger partial charge in [-0.05, 0) is 25.5 Å². The minimum atomic E-state index is -0.282. The molecule has 1 amide bonds. The lowest BCUT2D eigenvalue weighted by Gasteiger charge is -2.18. The SMILES string of the molecule is CCn1c(C(=O)N[C@H]2CCO[C@H]2c2ncn[nH]2)cc2ccccc21. The van der Waals surface area contributed by atoms with Gasteiger partial charge in [-0.3, -0.25) is 9.89 Å². The number of carbonyl (C=O) groups is 1. The van der Waals surface area contributed by atoms with Crippen LogP contribution in [0.1, 0.15) is 35.8 Å². The zero-order valence-corrected chi connectivity index (χ0v) is 13.4. The van der Waals surface area contributed by atoms with Crippen molar-refractivity contribution in [3.8, 4) is 0 Å². The van der Waals surface area contributed by atoms with Crippen molar-refractivity contribution in [3.05, 3.63) is 48.2 Å². The molecule has 124 valence electrons. The predicted molar refractivity (Wildman–Crippen MR) is 88.6 cm³/mol. The van der Waals surface area contributed by atoms with Crippen LogP contribution in [0.4, 0.5) is 0 Å². The Morgan fingerprint density at radius 1 is 1.46 bits per heavy atom. The maximum Gasteiger partial charge on any atom is 0.268 e. The molecule has 4 rings (SSSR count). The third kappa shape index (κ3) is 2.46. The summed E-state index contributed by atoms with van der Waals surface area (Å²) in [5, 5.41) is 10.9. The van der Waals surface area contributed by atoms with Crippen molar-refractivity contribution in [2.24, 2.45) is 0 Å². The van der Waals surface area contributed by atoms with E-state index in [4.69, 9.17) is 4.74 Å². The molecule has 0 aliphatic carbocycles. The van der Waals surface area contributed by atoms with Crippen molar-refractivity contribution in [1.29, 1.82) is 0 Å². The van der Waals surface area contributed by atoms with Crippen LogP contribution in [0.2, 0.25) is 0 Å². The van der Waals surface area contributed by atoms with Crippen LogP contribution < -0.4 is 5.32 Å². The van der Waals surface area contributed by atoms with E-state index in [1.54, 1.807) is 0 Å². The van der Waals surface area contributed by atoms with Gasteiger partial charge in [-0.15, -0.1) is 0 Å². The third-order valence-corrected chi connectivity index (χ3v) is 4.47. The highest BCUT2D eigenvalue weighted by Gasteiger charge is 2.33. The summed E-state index contributed by atoms with van der Waals surface area (Å²) in [5.41, 5.74) is 1.74. The van der Waals surface area contributed by atoms with Crippen LogP contribution in [0, 0.1) is 0 Å². The van der Waals surface area contributed by atoms with Gasteiger partial charge < -0.3 is 14.6 Å². The van der Waals surface area contributed by atoms with Crippen molar-refractivity contribution < 1.29 is 9.53 Å². The van der Waals surface area contributed by atoms with Crippen LogP contribution in [0.3, 0.4) is 0 Å². The van der Waals surface area contributed by atoms with E-state index in [2.05, 4.69) is 20.5 Å². The molecule has 0 radical (unpaired) electrons. The van der Waals surface area contributed by atoms with Gasteiger partial charge in [0.25, 0.3) is 5.91 Å². The summed E-state index contributed by atoms with van der Waals surface area (Å²) in [5.74, 6) is 0.557. The average Bonchev–Trinajstić information content (AvgIpc) is 3.33. The Hall–Kier alpha value is -2.67. The van der Waals surface area contributed by atoms with Crippen LogP contribution in [-0.2, 0) is 11.3 Å². The normalized spacial score (nSPS) is 20.5. The molecule has 2 N–H and O–H groups in total. The minimum Gasteiger partial charge on any atom is -0.368 e. The first-order chi connectivity index (χ1) is 11.8. The van der Waals surface area contributed by atoms with Crippen molar-refractivity contribution in [1.82, 2.24) is 25.1 Å². The number of nitrogens with zero attached hydrogens (tertiary/aromatic N) is 3. The molecule has 0 saturated carbocycles. The van der Waals surface area contributed by atoms with E-state index in [-0.39, 0.29) is 18.1 Å². The average molecular weight is 325 g/mol. The van der Waals surface area contributed by atoms with Crippen LogP contribution in [0.5, 0.6) is 0 Å². The topological polar surface area (TPSA) is 84.8 Å². The largest absolute Gasteiger partial charge is 0.368 e. The number of hydrogen-bond donors (Lipinski definition) is 2. The molecule has 2 atom stereocenters. The molecule has 1 fully saturated rings. The van der Waals surface area contributed by atoms with E-state index in [9.17, 15) is 4.79 Å². The number of fused-ring (bicyclic) bond motifs is 1. The lowest BCUT2D eigenvalue weighted by atomic mass is 10.1. The minimum absolute atomic E-state index is 0.0898. The number of aromatic amines is 1. The maximum absolute atomic E-state index is 12.8. The van der Waals surface area contributed by atoms with Gasteiger partial charge in [0.05, 0.1) is 6.04 Å². The summed E-state index contributed by atoms with van der Waals surface area (Å²) in [4.78, 5) is 17.0. The molecule has 3 aromatic rings. The molecular formula is C17H19N5O2. The number of para-hydroxylation sites is 1. The van der Waals surface area contributed by atoms with Crippen LogP contribution >= 0.6 is 0 Å². The van der Waals surface area contributed by atoms with Gasteiger partial charge in [-0.1, -0.05) is 18.2 Å². The van der Waals surface area contributed by atoms with Crippen molar-refractivity contribution in [2.75, 3.05) is 6.61 Å². The van der Waals surface area contributed by atoms with Crippen molar-refractivity contribution in [3.63, 3.8) is 0 Å². The number of aryl methyl sites for hydroxylation is 1. The Morgan fingerprint density at radius 3 is 3.12 bits per heavy atom. The molecule has 0 unspecified atom stereocenters. The Kier molecular flexibility index (Phi) is 3.78. The predicted octanol–water partition coefficient (Wildman–Crippen LogP) is 2.04. The number of nitrogens with one attached hydrogen (secondary N) is 2. The molecule has 1 aliphatic rings. The molecule has 0 bridgehead atoms. The third-order valence-electron chi connectivity index (χ3n) is 4.47. The summed E-state index contributed by atoms with van der Waals surface area (Å²) in [6.07, 6.45) is 1.92. The number of carbonyl (C=O) groups excluding carboxylic acids is 1. The highest BCUT2D eigenvalue weighted by atomic mass is 16.5. The van der Waals surface area contributed by atoms with Crippen molar-refractivity contribution in [2.45, 2.75) is 32.0 Å². The van der Waals surface area contributed by atoms with Gasteiger partial charge in [0.2, 0.25) is 0 Å². The van der Waals surface area contributed by atoms with Gasteiger partial charge in [-0.25, -0.2) is 4.98 Å². The number of benzene rings is 1. The molecule has 7 heteroatoms. The van der Waals surface area contributed by atoms with E-state index in [0.717, 1.165) is 23.9 Å². The zero-order chi connectivity index (χ0) is 16.5. The second kappa shape index (κ2) is 6.09. The van der Waals surface area contributed by atoms with Crippen molar-refractivity contribution >= 4 is 16.8 Å². The fraction of sp³-hybridized carbons (Fsp3) is 0.353. The Labute approximate surface area is 139 Å². The summed E-state index contributed by atoms with van der Waals surface area (Å²) in [6, 6.07) is 9.84. The summed E-state index contributed by atoms with van der Waals surface area (Å²) < 4.78 is 7.74. The Balaban J connectivity index is 1.60. The van der Waals surface area contributed by atoms with E-state index in [0.29, 0.717) is 18.1 Å². The van der Waals surface area contributed by atoms with Gasteiger partial charge in [0.15, 0.2) is 5.82 Å². The van der Waals surface area contributed by atoms with E-state index in [1.165, 1.54) is 6.33 Å². The molecule has 1 aliphatic heterocycles. The highest BCUT2D eigenvalue weighted by molar-refractivity contribution is 5.99. The van der Waals surface area contributed by atoms with Crippen LogP contribution in [0.15, 0.2) is 36.7 Å². The first-order valence-corrected chi connectivity index (χ1v) is 8.14. The monoisotopic (exact) mass is 325 g/mol. The number of hydrogen-bond acceptors (Lipinski definition) is 4. The van der Waals surface area contributed by atoms with E-state index in [1.807, 2.05) is 41.8 Å². The Bertz CT molecular complexity index is 855. The molecular weight excluding hydrogens is 306 g/mol. The van der Waals surface area contributed by atoms with Gasteiger partial charge >= 0.3 is 0 Å². The highest BCUT2D eigenvalue weighted by Crippen LogP contribution is 2.27. The molecule has 0 spiro atoms. The summed E-state index contributed by atoms with van der Waals surface area (Å²) in [6.45, 7) is 3.37. The molecule has 24 heavy (non-hydrogen) atoms. The second-order valence-corrected chi connectivity index (χ2v) is 5.86. The number of H-pyrrole nitrogens is 1. The van der Waals surface area contributed by atoms with E-state index < -0.39 is 0 Å². The summed E-state index contributed by atoms with van der Waals surface area (Å²) >= 11 is 0. The molecule has 2 aromatic heterocycles. The first kappa shape index (κ1) is 14.9. The van der Waals surface area contributed by atoms with Crippen LogP contribution in [0.25, 0.3) is 10.9 Å². The Morgan fingerprint density at radius 2 is 2.33 bits per heavy atom. The van der Waals surface area contributed by atoms with Gasteiger partial charge in [0.1, 0.15) is 18.1 Å². The summed E-state index contributed by atoms with van der Waals surface area (Å²) in [7, 11) is 0. The molecule has 1 aromatic carbocycles. The fourth-order valence-corrected chi connectivity index (χ4v) is 3.34. The number of aromatic nitrogens is 4. The van der Waals surface area contributed by atoms with Gasteiger partial charge in [-0.2, -0.15) is 5.10 Å². The standard InChI is InChI=1S/C17H19N5O2/c1-2-22-13-6-4-3-5-11(13)9-14(22)17(23)20-12-7-8-24-15(12)16-18-10-19-21-16/h3-6,9-10,12,15H,2,7-8H2,1H3,(H,20,23)(H,18,19,21)/t12-,15+/m0/s1. The number of ether oxygens (including phenoxy) is 1. The number of rotatable bonds is 4. The number of amides is 1. The zero-order valence-electron chi connectivity index (χ0n) is 13.4.